The van der Waals surface area contributed by atoms with Crippen LogP contribution in [0.4, 0.5) is 0 Å². The smallest absolute Gasteiger partial charge is 0.310 e. The van der Waals surface area contributed by atoms with Gasteiger partial charge in [-0.1, -0.05) is 6.08 Å². The van der Waals surface area contributed by atoms with Gasteiger partial charge in [-0.3, -0.25) is 9.59 Å². The summed E-state index contributed by atoms with van der Waals surface area (Å²) in [4.78, 5) is 22.3. The predicted molar refractivity (Wildman–Crippen MR) is 48.2 cm³/mol. The summed E-state index contributed by atoms with van der Waals surface area (Å²) in [6.45, 7) is 2.13. The van der Waals surface area contributed by atoms with Crippen LogP contribution >= 0.6 is 0 Å². The van der Waals surface area contributed by atoms with Crippen LogP contribution < -0.4 is 0 Å². The number of carbonyl (C=O) groups is 2. The lowest BCUT2D eigenvalue weighted by molar-refractivity contribution is -0.142. The van der Waals surface area contributed by atoms with Crippen molar-refractivity contribution in [2.75, 3.05) is 6.61 Å². The molecule has 3 heteroatoms. The van der Waals surface area contributed by atoms with Gasteiger partial charge in [0, 0.05) is 12.0 Å². The molecule has 72 valence electrons. The van der Waals surface area contributed by atoms with E-state index >= 15 is 0 Å². The van der Waals surface area contributed by atoms with Gasteiger partial charge in [0.1, 0.15) is 0 Å². The van der Waals surface area contributed by atoms with Crippen LogP contribution in [0.1, 0.15) is 32.6 Å². The Labute approximate surface area is 77.8 Å². The van der Waals surface area contributed by atoms with Crippen LogP contribution in [0, 0.1) is 0 Å². The molecular formula is C10H14O3. The lowest BCUT2D eigenvalue weighted by atomic mass is 9.96. The minimum absolute atomic E-state index is 0.0966. The number of carbonyl (C=O) groups excluding carboxylic acids is 2. The van der Waals surface area contributed by atoms with Crippen molar-refractivity contribution in [3.63, 3.8) is 0 Å². The van der Waals surface area contributed by atoms with Crippen LogP contribution in [0.25, 0.3) is 0 Å². The number of esters is 1. The molecule has 0 amide bonds. The molecule has 0 unspecified atom stereocenters. The van der Waals surface area contributed by atoms with Crippen LogP contribution in [0.2, 0.25) is 0 Å². The summed E-state index contributed by atoms with van der Waals surface area (Å²) in [5.74, 6) is -0.205. The second-order valence-electron chi connectivity index (χ2n) is 3.03. The van der Waals surface area contributed by atoms with Crippen LogP contribution in [-0.2, 0) is 14.3 Å². The first-order chi connectivity index (χ1) is 6.24. The highest BCUT2D eigenvalue weighted by molar-refractivity contribution is 5.99. The van der Waals surface area contributed by atoms with E-state index in [-0.39, 0.29) is 18.2 Å². The molecule has 0 heterocycles. The first-order valence-electron chi connectivity index (χ1n) is 4.62. The zero-order chi connectivity index (χ0) is 9.68. The molecule has 0 bridgehead atoms. The Hall–Kier alpha value is -1.12. The molecule has 0 aromatic carbocycles. The Morgan fingerprint density at radius 1 is 1.62 bits per heavy atom. The van der Waals surface area contributed by atoms with Gasteiger partial charge in [-0.05, 0) is 19.8 Å². The fraction of sp³-hybridized carbons (Fsp3) is 0.600. The van der Waals surface area contributed by atoms with Gasteiger partial charge in [0.25, 0.3) is 0 Å². The highest BCUT2D eigenvalue weighted by Gasteiger charge is 2.16. The monoisotopic (exact) mass is 182 g/mol. The van der Waals surface area contributed by atoms with Crippen molar-refractivity contribution in [1.82, 2.24) is 0 Å². The van der Waals surface area contributed by atoms with Crippen molar-refractivity contribution in [3.05, 3.63) is 11.6 Å². The maximum atomic E-state index is 11.3. The lowest BCUT2D eigenvalue weighted by Crippen LogP contribution is -2.13. The van der Waals surface area contributed by atoms with Crippen molar-refractivity contribution in [3.8, 4) is 0 Å². The number of ether oxygens (including phenoxy) is 1. The van der Waals surface area contributed by atoms with E-state index in [1.165, 1.54) is 0 Å². The first kappa shape index (κ1) is 9.96. The topological polar surface area (TPSA) is 43.4 Å². The van der Waals surface area contributed by atoms with Gasteiger partial charge in [0.15, 0.2) is 5.78 Å². The van der Waals surface area contributed by atoms with E-state index in [1.807, 2.05) is 6.08 Å². The fourth-order valence-electron chi connectivity index (χ4n) is 1.35. The molecule has 1 aliphatic rings. The fourth-order valence-corrected chi connectivity index (χ4v) is 1.35. The minimum atomic E-state index is -0.302. The third kappa shape index (κ3) is 3.01. The standard InChI is InChI=1S/C10H14O3/c1-2-13-10(12)7-8-5-3-4-6-9(8)11/h5H,2-4,6-7H2,1H3. The molecule has 0 aromatic rings. The maximum Gasteiger partial charge on any atom is 0.310 e. The van der Waals surface area contributed by atoms with Gasteiger partial charge in [0.2, 0.25) is 0 Å². The molecule has 1 rings (SSSR count). The number of hydrogen-bond acceptors (Lipinski definition) is 3. The molecule has 0 aliphatic heterocycles. The summed E-state index contributed by atoms with van der Waals surface area (Å²) in [5, 5.41) is 0. The average Bonchev–Trinajstić information content (AvgIpc) is 2.09. The molecule has 0 atom stereocenters. The largest absolute Gasteiger partial charge is 0.466 e. The number of rotatable bonds is 3. The summed E-state index contributed by atoms with van der Waals surface area (Å²) < 4.78 is 4.76. The highest BCUT2D eigenvalue weighted by atomic mass is 16.5. The van der Waals surface area contributed by atoms with E-state index in [9.17, 15) is 9.59 Å². The van der Waals surface area contributed by atoms with Crippen molar-refractivity contribution >= 4 is 11.8 Å². The van der Waals surface area contributed by atoms with Gasteiger partial charge >= 0.3 is 5.97 Å². The van der Waals surface area contributed by atoms with Crippen molar-refractivity contribution < 1.29 is 14.3 Å². The normalized spacial score (nSPS) is 16.7. The molecule has 0 aromatic heterocycles. The van der Waals surface area contributed by atoms with Crippen molar-refractivity contribution in [2.45, 2.75) is 32.6 Å². The van der Waals surface area contributed by atoms with Crippen LogP contribution in [0.5, 0.6) is 0 Å². The third-order valence-corrected chi connectivity index (χ3v) is 2.00. The summed E-state index contributed by atoms with van der Waals surface area (Å²) in [7, 11) is 0. The Balaban J connectivity index is 2.47. The first-order valence-corrected chi connectivity index (χ1v) is 4.62. The van der Waals surface area contributed by atoms with Gasteiger partial charge in [0.05, 0.1) is 13.0 Å². The molecule has 1 aliphatic carbocycles. The van der Waals surface area contributed by atoms with E-state index in [0.717, 1.165) is 12.8 Å². The quantitative estimate of drug-likeness (QED) is 0.623. The van der Waals surface area contributed by atoms with Crippen LogP contribution in [-0.4, -0.2) is 18.4 Å². The summed E-state index contributed by atoms with van der Waals surface area (Å²) in [5.41, 5.74) is 0.629. The van der Waals surface area contributed by atoms with Gasteiger partial charge in [-0.25, -0.2) is 0 Å². The molecular weight excluding hydrogens is 168 g/mol. The molecule has 3 nitrogen and oxygen atoms in total. The van der Waals surface area contributed by atoms with E-state index in [4.69, 9.17) is 4.74 Å². The number of ketones is 1. The van der Waals surface area contributed by atoms with Gasteiger partial charge < -0.3 is 4.74 Å². The number of allylic oxidation sites excluding steroid dienone is 1. The van der Waals surface area contributed by atoms with E-state index in [0.29, 0.717) is 18.6 Å². The second kappa shape index (κ2) is 4.80. The molecule has 0 fully saturated rings. The summed E-state index contributed by atoms with van der Waals surface area (Å²) in [6.07, 6.45) is 4.38. The van der Waals surface area contributed by atoms with E-state index in [1.54, 1.807) is 6.92 Å². The summed E-state index contributed by atoms with van der Waals surface area (Å²) >= 11 is 0. The Morgan fingerprint density at radius 2 is 2.38 bits per heavy atom. The van der Waals surface area contributed by atoms with Crippen LogP contribution in [0.15, 0.2) is 11.6 Å². The second-order valence-corrected chi connectivity index (χ2v) is 3.03. The Kier molecular flexibility index (Phi) is 3.68. The SMILES string of the molecule is CCOC(=O)CC1=CCCCC1=O. The average molecular weight is 182 g/mol. The Morgan fingerprint density at radius 3 is 3.00 bits per heavy atom. The van der Waals surface area contributed by atoms with Crippen LogP contribution in [0.3, 0.4) is 0 Å². The molecule has 13 heavy (non-hydrogen) atoms. The third-order valence-electron chi connectivity index (χ3n) is 2.00. The number of hydrogen-bond donors (Lipinski definition) is 0. The number of Topliss-reactive ketones (excluding diaryl/α,β-unsaturated/α-hetero) is 1. The summed E-state index contributed by atoms with van der Waals surface area (Å²) in [6, 6.07) is 0. The highest BCUT2D eigenvalue weighted by Crippen LogP contribution is 2.17. The zero-order valence-electron chi connectivity index (χ0n) is 7.84. The minimum Gasteiger partial charge on any atom is -0.466 e. The molecule has 0 radical (unpaired) electrons. The van der Waals surface area contributed by atoms with Crippen molar-refractivity contribution in [2.24, 2.45) is 0 Å². The van der Waals surface area contributed by atoms with Gasteiger partial charge in [-0.15, -0.1) is 0 Å². The maximum absolute atomic E-state index is 11.3. The lowest BCUT2D eigenvalue weighted by Gasteiger charge is -2.10. The zero-order valence-corrected chi connectivity index (χ0v) is 7.84. The molecule has 0 saturated heterocycles. The molecule has 0 spiro atoms. The van der Waals surface area contributed by atoms with E-state index < -0.39 is 0 Å². The Bertz CT molecular complexity index is 241. The molecule has 0 N–H and O–H groups in total. The van der Waals surface area contributed by atoms with Crippen molar-refractivity contribution in [1.29, 1.82) is 0 Å². The molecule has 0 saturated carbocycles. The van der Waals surface area contributed by atoms with E-state index in [2.05, 4.69) is 0 Å². The van der Waals surface area contributed by atoms with Gasteiger partial charge in [-0.2, -0.15) is 0 Å². The predicted octanol–water partition coefficient (Wildman–Crippen LogP) is 1.62.